The Morgan fingerprint density at radius 1 is 0.735 bits per heavy atom. The highest BCUT2D eigenvalue weighted by Crippen LogP contribution is 2.03. The average Bonchev–Trinajstić information content (AvgIpc) is 3.05. The lowest BCUT2D eigenvalue weighted by Gasteiger charge is -2.16. The van der Waals surface area contributed by atoms with E-state index in [2.05, 4.69) is 45.8 Å². The van der Waals surface area contributed by atoms with Crippen LogP contribution >= 0.6 is 21.4 Å². The van der Waals surface area contributed by atoms with Crippen LogP contribution in [0.2, 0.25) is 0 Å². The molecule has 2 rings (SSSR count). The van der Waals surface area contributed by atoms with Crippen molar-refractivity contribution in [3.63, 3.8) is 0 Å². The van der Waals surface area contributed by atoms with E-state index in [1.54, 1.807) is 12.1 Å². The SMILES string of the molecule is CC(C)CCO.CC(C)CCOC(=O)[C@@H](CN)NC(=O)OCc1ccccc1.NC[C@@H](NC(=O)OCc1ccccc1)C(=O)O.O=S(Cl)Cl. The molecule has 278 valence electrons. The van der Waals surface area contributed by atoms with Crippen LogP contribution in [0.5, 0.6) is 0 Å². The third kappa shape index (κ3) is 30.3. The van der Waals surface area contributed by atoms with Crippen molar-refractivity contribution >= 4 is 54.7 Å². The van der Waals surface area contributed by atoms with Gasteiger partial charge in [-0.1, -0.05) is 88.4 Å². The molecular formula is C32H50Cl2N4O10S. The predicted molar refractivity (Wildman–Crippen MR) is 190 cm³/mol. The molecule has 0 radical (unpaired) electrons. The van der Waals surface area contributed by atoms with Crippen LogP contribution in [0, 0.1) is 11.8 Å². The van der Waals surface area contributed by atoms with Gasteiger partial charge in [-0.2, -0.15) is 0 Å². The minimum absolute atomic E-state index is 0.0407. The normalized spacial score (nSPS) is 11.3. The van der Waals surface area contributed by atoms with Crippen molar-refractivity contribution in [3.8, 4) is 0 Å². The summed E-state index contributed by atoms with van der Waals surface area (Å²) in [6, 6.07) is 16.3. The lowest BCUT2D eigenvalue weighted by Crippen LogP contribution is -2.46. The zero-order chi connectivity index (χ0) is 37.6. The summed E-state index contributed by atoms with van der Waals surface area (Å²) < 4.78 is 24.0. The summed E-state index contributed by atoms with van der Waals surface area (Å²) in [7, 11) is 7.36. The van der Waals surface area contributed by atoms with Gasteiger partial charge in [0.25, 0.3) is 0 Å². The second kappa shape index (κ2) is 30.6. The predicted octanol–water partition coefficient (Wildman–Crippen LogP) is 4.22. The third-order valence-corrected chi connectivity index (χ3v) is 5.71. The second-order valence-electron chi connectivity index (χ2n) is 10.8. The number of hydrogen-bond acceptors (Lipinski definition) is 11. The Morgan fingerprint density at radius 2 is 1.12 bits per heavy atom. The molecule has 0 aliphatic carbocycles. The molecule has 0 aliphatic rings. The highest BCUT2D eigenvalue weighted by molar-refractivity contribution is 8.26. The number of rotatable bonds is 15. The molecule has 49 heavy (non-hydrogen) atoms. The fourth-order valence-corrected chi connectivity index (χ4v) is 3.00. The van der Waals surface area contributed by atoms with Crippen LogP contribution in [0.15, 0.2) is 60.7 Å². The molecule has 0 heterocycles. The molecule has 8 N–H and O–H groups in total. The van der Waals surface area contributed by atoms with Crippen molar-refractivity contribution in [1.82, 2.24) is 10.6 Å². The van der Waals surface area contributed by atoms with Crippen molar-refractivity contribution in [3.05, 3.63) is 71.8 Å². The van der Waals surface area contributed by atoms with Crippen LogP contribution in [0.25, 0.3) is 0 Å². The average molecular weight is 754 g/mol. The first-order valence-electron chi connectivity index (χ1n) is 15.3. The van der Waals surface area contributed by atoms with Crippen molar-refractivity contribution in [2.24, 2.45) is 23.3 Å². The summed E-state index contributed by atoms with van der Waals surface area (Å²) in [6.45, 7) is 8.89. The van der Waals surface area contributed by atoms with Crippen LogP contribution in [0.1, 0.15) is 51.7 Å². The van der Waals surface area contributed by atoms with E-state index in [1.165, 1.54) is 0 Å². The van der Waals surface area contributed by atoms with Gasteiger partial charge >= 0.3 is 24.1 Å². The maximum Gasteiger partial charge on any atom is 0.408 e. The Kier molecular flexibility index (Phi) is 29.7. The molecule has 2 atom stereocenters. The first-order valence-corrected chi connectivity index (χ1v) is 18.1. The van der Waals surface area contributed by atoms with Crippen LogP contribution in [-0.4, -0.2) is 76.9 Å². The number of carboxylic acids is 1. The molecule has 0 saturated carbocycles. The van der Waals surface area contributed by atoms with Gasteiger partial charge in [0.05, 0.1) is 6.61 Å². The molecule has 2 aromatic rings. The zero-order valence-electron chi connectivity index (χ0n) is 28.2. The molecule has 14 nitrogen and oxygen atoms in total. The van der Waals surface area contributed by atoms with Crippen LogP contribution in [0.4, 0.5) is 9.59 Å². The van der Waals surface area contributed by atoms with Gasteiger partial charge in [-0.25, -0.2) is 23.4 Å². The van der Waals surface area contributed by atoms with Crippen molar-refractivity contribution in [2.45, 2.75) is 65.8 Å². The number of aliphatic hydroxyl groups excluding tert-OH is 1. The molecule has 2 amide bonds. The van der Waals surface area contributed by atoms with E-state index >= 15 is 0 Å². The first kappa shape index (κ1) is 47.6. The number of ether oxygens (including phenoxy) is 3. The monoisotopic (exact) mass is 752 g/mol. The lowest BCUT2D eigenvalue weighted by molar-refractivity contribution is -0.146. The van der Waals surface area contributed by atoms with E-state index in [1.807, 2.05) is 62.4 Å². The minimum Gasteiger partial charge on any atom is -0.480 e. The summed E-state index contributed by atoms with van der Waals surface area (Å²) in [5.41, 5.74) is 12.4. The van der Waals surface area contributed by atoms with E-state index in [4.69, 9.17) is 40.1 Å². The molecule has 0 saturated heterocycles. The number of alkyl carbamates (subject to hydrolysis) is 2. The molecule has 2 aromatic carbocycles. The van der Waals surface area contributed by atoms with Gasteiger partial charge in [0, 0.05) is 41.1 Å². The van der Waals surface area contributed by atoms with E-state index < -0.39 is 45.4 Å². The molecule has 0 aromatic heterocycles. The van der Waals surface area contributed by atoms with Crippen LogP contribution in [0.3, 0.4) is 0 Å². The zero-order valence-corrected chi connectivity index (χ0v) is 30.5. The van der Waals surface area contributed by atoms with Gasteiger partial charge in [0.2, 0.25) is 9.23 Å². The molecule has 0 bridgehead atoms. The topological polar surface area (TPSA) is 230 Å². The minimum atomic E-state index is -1.67. The largest absolute Gasteiger partial charge is 0.480 e. The standard InChI is InChI=1S/C16H24N2O4.C11H14N2O4.C5H12O.Cl2OS/c1-12(2)8-9-21-15(19)14(10-17)18-16(20)22-11-13-6-4-3-5-7-13;12-6-9(10(14)15)13-11(16)17-7-8-4-2-1-3-5-8;1-5(2)3-4-6;1-4(2)3/h3-7,12,14H,8-11,17H2,1-2H3,(H,18,20);1-5,9H,6-7,12H2,(H,13,16)(H,14,15);5-6H,3-4H2,1-2H3;/t14-;9-;;/m11../s1. The summed E-state index contributed by atoms with van der Waals surface area (Å²) in [5, 5.41) is 21.5. The highest BCUT2D eigenvalue weighted by atomic mass is 36.0. The fraction of sp³-hybridized carbons (Fsp3) is 0.500. The Morgan fingerprint density at radius 3 is 1.43 bits per heavy atom. The van der Waals surface area contributed by atoms with E-state index in [9.17, 15) is 19.2 Å². The maximum atomic E-state index is 11.8. The number of nitrogens with two attached hydrogens (primary N) is 2. The Labute approximate surface area is 299 Å². The Hall–Kier alpha value is -3.47. The number of nitrogens with one attached hydrogen (secondary N) is 2. The highest BCUT2D eigenvalue weighted by Gasteiger charge is 2.21. The number of aliphatic hydroxyl groups is 1. The molecule has 0 spiro atoms. The molecule has 17 heteroatoms. The molecule has 0 fully saturated rings. The fourth-order valence-electron chi connectivity index (χ4n) is 3.00. The van der Waals surface area contributed by atoms with Gasteiger partial charge in [-0.05, 0) is 35.8 Å². The van der Waals surface area contributed by atoms with Gasteiger partial charge in [0.15, 0.2) is 0 Å². The maximum absolute atomic E-state index is 11.8. The summed E-state index contributed by atoms with van der Waals surface area (Å²) >= 11 is 0. The van der Waals surface area contributed by atoms with E-state index in [-0.39, 0.29) is 26.3 Å². The molecular weight excluding hydrogens is 703 g/mol. The number of hydrogen-bond donors (Lipinski definition) is 6. The molecule has 0 aliphatic heterocycles. The van der Waals surface area contributed by atoms with E-state index in [0.29, 0.717) is 25.0 Å². The second-order valence-corrected chi connectivity index (χ2v) is 13.3. The van der Waals surface area contributed by atoms with E-state index in [0.717, 1.165) is 24.0 Å². The number of amides is 2. The Bertz CT molecular complexity index is 1190. The van der Waals surface area contributed by atoms with Gasteiger partial charge in [-0.3, -0.25) is 0 Å². The Balaban J connectivity index is 0. The quantitative estimate of drug-likeness (QED) is 0.0854. The number of carboxylic acid groups (broad SMARTS) is 1. The summed E-state index contributed by atoms with van der Waals surface area (Å²) in [4.78, 5) is 45.3. The third-order valence-electron chi connectivity index (χ3n) is 5.71. The van der Waals surface area contributed by atoms with Crippen LogP contribution in [-0.2, 0) is 46.2 Å². The van der Waals surface area contributed by atoms with Gasteiger partial charge in [-0.15, -0.1) is 0 Å². The lowest BCUT2D eigenvalue weighted by atomic mass is 10.1. The summed E-state index contributed by atoms with van der Waals surface area (Å²) in [6.07, 6.45) is 0.202. The smallest absolute Gasteiger partial charge is 0.408 e. The van der Waals surface area contributed by atoms with Crippen molar-refractivity contribution in [2.75, 3.05) is 26.3 Å². The van der Waals surface area contributed by atoms with Crippen LogP contribution < -0.4 is 22.1 Å². The number of benzene rings is 2. The van der Waals surface area contributed by atoms with Crippen molar-refractivity contribution in [1.29, 1.82) is 0 Å². The molecule has 0 unspecified atom stereocenters. The number of aliphatic carboxylic acids is 1. The summed E-state index contributed by atoms with van der Waals surface area (Å²) in [5.74, 6) is -0.646. The number of carbonyl (C=O) groups is 4. The number of carbonyl (C=O) groups excluding carboxylic acids is 3. The van der Waals surface area contributed by atoms with Gasteiger partial charge in [0.1, 0.15) is 25.3 Å². The first-order chi connectivity index (χ1) is 23.2. The van der Waals surface area contributed by atoms with Gasteiger partial charge < -0.3 is 46.5 Å². The number of esters is 1. The number of halogens is 2. The van der Waals surface area contributed by atoms with Crippen molar-refractivity contribution < 1.29 is 47.8 Å².